The van der Waals surface area contributed by atoms with Crippen LogP contribution in [0.1, 0.15) is 29.0 Å². The Bertz CT molecular complexity index is 877. The zero-order chi connectivity index (χ0) is 18.1. The fraction of sp³-hybridized carbons (Fsp3) is 0.267. The highest BCUT2D eigenvalue weighted by atomic mass is 79.9. The number of primary sulfonamides is 1. The number of ether oxygens (including phenoxy) is 1. The molecule has 0 saturated heterocycles. The van der Waals surface area contributed by atoms with E-state index >= 15 is 0 Å². The van der Waals surface area contributed by atoms with E-state index < -0.39 is 15.9 Å². The molecule has 130 valence electrons. The minimum Gasteiger partial charge on any atom is -0.497 e. The zero-order valence-corrected chi connectivity index (χ0v) is 15.8. The Balaban J connectivity index is 2.22. The zero-order valence-electron chi connectivity index (χ0n) is 13.4. The first-order valence-corrected chi connectivity index (χ1v) is 9.31. The van der Waals surface area contributed by atoms with Crippen molar-refractivity contribution >= 4 is 31.9 Å². The lowest BCUT2D eigenvalue weighted by Crippen LogP contribution is -2.28. The van der Waals surface area contributed by atoms with Crippen molar-refractivity contribution in [3.63, 3.8) is 0 Å². The summed E-state index contributed by atoms with van der Waals surface area (Å²) in [6.45, 7) is 1.83. The summed E-state index contributed by atoms with van der Waals surface area (Å²) in [6, 6.07) is 6.39. The van der Waals surface area contributed by atoms with Crippen LogP contribution in [0.4, 0.5) is 0 Å². The molecule has 1 heterocycles. The molecule has 0 aliphatic carbocycles. The Morgan fingerprint density at radius 2 is 2.04 bits per heavy atom. The van der Waals surface area contributed by atoms with Crippen LogP contribution in [0, 0.1) is 0 Å². The molecule has 0 unspecified atom stereocenters. The van der Waals surface area contributed by atoms with E-state index in [1.807, 2.05) is 13.0 Å². The number of aryl methyl sites for hydroxylation is 1. The van der Waals surface area contributed by atoms with Crippen molar-refractivity contribution in [1.29, 1.82) is 0 Å². The van der Waals surface area contributed by atoms with E-state index in [1.165, 1.54) is 16.8 Å². The van der Waals surface area contributed by atoms with Crippen molar-refractivity contribution in [3.05, 3.63) is 46.2 Å². The molecule has 3 N–H and O–H groups in total. The predicted molar refractivity (Wildman–Crippen MR) is 93.4 cm³/mol. The van der Waals surface area contributed by atoms with Crippen LogP contribution in [0.15, 0.2) is 39.8 Å². The standard InChI is InChI=1S/C15H18BrN3O4S/c1-9(12-5-4-10(23-3)6-13(12)16)18-15(20)14-7-11(8-19(14)2)24(17,21)22/h4-9H,1-3H3,(H,18,20)(H2,17,21,22)/t9-/m1/s1. The van der Waals surface area contributed by atoms with Crippen LogP contribution in [0.3, 0.4) is 0 Å². The molecule has 7 nitrogen and oxygen atoms in total. The SMILES string of the molecule is COc1ccc([C@@H](C)NC(=O)c2cc(S(N)(=O)=O)cn2C)c(Br)c1. The third kappa shape index (κ3) is 3.97. The van der Waals surface area contributed by atoms with Crippen molar-refractivity contribution < 1.29 is 17.9 Å². The second-order valence-electron chi connectivity index (χ2n) is 5.30. The molecule has 0 fully saturated rings. The summed E-state index contributed by atoms with van der Waals surface area (Å²) in [5.41, 5.74) is 1.07. The van der Waals surface area contributed by atoms with E-state index in [1.54, 1.807) is 26.3 Å². The average molecular weight is 416 g/mol. The maximum Gasteiger partial charge on any atom is 0.268 e. The highest BCUT2D eigenvalue weighted by Gasteiger charge is 2.20. The van der Waals surface area contributed by atoms with Crippen LogP contribution in [0.2, 0.25) is 0 Å². The van der Waals surface area contributed by atoms with Gasteiger partial charge < -0.3 is 14.6 Å². The summed E-state index contributed by atoms with van der Waals surface area (Å²) >= 11 is 3.45. The van der Waals surface area contributed by atoms with Crippen LogP contribution < -0.4 is 15.2 Å². The first-order chi connectivity index (χ1) is 11.1. The number of carbonyl (C=O) groups excluding carboxylic acids is 1. The molecule has 0 aliphatic heterocycles. The summed E-state index contributed by atoms with van der Waals surface area (Å²) in [5, 5.41) is 7.92. The lowest BCUT2D eigenvalue weighted by Gasteiger charge is -2.16. The number of nitrogens with one attached hydrogen (secondary N) is 1. The fourth-order valence-electron chi connectivity index (χ4n) is 2.25. The number of benzene rings is 1. The van der Waals surface area contributed by atoms with Gasteiger partial charge in [-0.05, 0) is 30.7 Å². The predicted octanol–water partition coefficient (Wildman–Crippen LogP) is 1.93. The lowest BCUT2D eigenvalue weighted by atomic mass is 10.1. The maximum absolute atomic E-state index is 12.4. The monoisotopic (exact) mass is 415 g/mol. The molecular weight excluding hydrogens is 398 g/mol. The largest absolute Gasteiger partial charge is 0.497 e. The van der Waals surface area contributed by atoms with E-state index in [2.05, 4.69) is 21.2 Å². The lowest BCUT2D eigenvalue weighted by molar-refractivity contribution is 0.0931. The number of nitrogens with two attached hydrogens (primary N) is 1. The molecule has 0 spiro atoms. The number of sulfonamides is 1. The highest BCUT2D eigenvalue weighted by Crippen LogP contribution is 2.27. The molecule has 0 radical (unpaired) electrons. The Morgan fingerprint density at radius 1 is 1.38 bits per heavy atom. The van der Waals surface area contributed by atoms with Crippen LogP contribution in [0.25, 0.3) is 0 Å². The summed E-state index contributed by atoms with van der Waals surface area (Å²) < 4.78 is 30.1. The molecule has 9 heteroatoms. The molecule has 2 aromatic rings. The number of aromatic nitrogens is 1. The quantitative estimate of drug-likeness (QED) is 0.778. The van der Waals surface area contributed by atoms with Crippen molar-refractivity contribution in [3.8, 4) is 5.75 Å². The third-order valence-corrected chi connectivity index (χ3v) is 5.13. The van der Waals surface area contributed by atoms with E-state index in [0.717, 1.165) is 10.0 Å². The minimum absolute atomic E-state index is 0.103. The molecule has 1 aromatic carbocycles. The van der Waals surface area contributed by atoms with Gasteiger partial charge in [-0.3, -0.25) is 4.79 Å². The second kappa shape index (κ2) is 6.96. The van der Waals surface area contributed by atoms with Crippen LogP contribution >= 0.6 is 15.9 Å². The Hall–Kier alpha value is -1.84. The van der Waals surface area contributed by atoms with Gasteiger partial charge in [0.05, 0.1) is 13.2 Å². The number of hydrogen-bond donors (Lipinski definition) is 2. The van der Waals surface area contributed by atoms with Gasteiger partial charge in [0.25, 0.3) is 5.91 Å². The van der Waals surface area contributed by atoms with Gasteiger partial charge in [-0.1, -0.05) is 22.0 Å². The molecule has 1 atom stereocenters. The summed E-state index contributed by atoms with van der Waals surface area (Å²) in [7, 11) is -0.700. The number of hydrogen-bond acceptors (Lipinski definition) is 4. The van der Waals surface area contributed by atoms with E-state index in [0.29, 0.717) is 5.75 Å². The van der Waals surface area contributed by atoms with Crippen molar-refractivity contribution in [2.24, 2.45) is 12.2 Å². The first-order valence-electron chi connectivity index (χ1n) is 6.97. The molecule has 24 heavy (non-hydrogen) atoms. The summed E-state index contributed by atoms with van der Waals surface area (Å²) in [6.07, 6.45) is 1.30. The van der Waals surface area contributed by atoms with Crippen LogP contribution in [-0.4, -0.2) is 26.0 Å². The Kier molecular flexibility index (Phi) is 5.36. The second-order valence-corrected chi connectivity index (χ2v) is 7.72. The Morgan fingerprint density at radius 3 is 2.54 bits per heavy atom. The number of amides is 1. The number of nitrogens with zero attached hydrogens (tertiary/aromatic N) is 1. The van der Waals surface area contributed by atoms with Gasteiger partial charge in [-0.15, -0.1) is 0 Å². The van der Waals surface area contributed by atoms with Gasteiger partial charge in [0, 0.05) is 17.7 Å². The van der Waals surface area contributed by atoms with E-state index in [-0.39, 0.29) is 16.6 Å². The topological polar surface area (TPSA) is 103 Å². The Labute approximate surface area is 149 Å². The smallest absolute Gasteiger partial charge is 0.268 e. The van der Waals surface area contributed by atoms with E-state index in [4.69, 9.17) is 9.88 Å². The normalized spacial score (nSPS) is 12.7. The molecule has 0 saturated carbocycles. The van der Waals surface area contributed by atoms with Gasteiger partial charge in [-0.2, -0.15) is 0 Å². The molecule has 0 bridgehead atoms. The van der Waals surface area contributed by atoms with Gasteiger partial charge in [0.15, 0.2) is 0 Å². The summed E-state index contributed by atoms with van der Waals surface area (Å²) in [4.78, 5) is 12.3. The summed E-state index contributed by atoms with van der Waals surface area (Å²) in [5.74, 6) is 0.298. The number of methoxy groups -OCH3 is 1. The number of carbonyl (C=O) groups is 1. The van der Waals surface area contributed by atoms with Gasteiger partial charge in [-0.25, -0.2) is 13.6 Å². The van der Waals surface area contributed by atoms with Gasteiger partial charge in [0.1, 0.15) is 16.3 Å². The number of rotatable bonds is 5. The maximum atomic E-state index is 12.4. The molecule has 2 rings (SSSR count). The molecule has 1 amide bonds. The average Bonchev–Trinajstić information content (AvgIpc) is 2.89. The molecular formula is C15H18BrN3O4S. The minimum atomic E-state index is -3.86. The van der Waals surface area contributed by atoms with Crippen LogP contribution in [0.5, 0.6) is 5.75 Å². The molecule has 1 aromatic heterocycles. The fourth-order valence-corrected chi connectivity index (χ4v) is 3.53. The highest BCUT2D eigenvalue weighted by molar-refractivity contribution is 9.10. The van der Waals surface area contributed by atoms with Gasteiger partial charge >= 0.3 is 0 Å². The van der Waals surface area contributed by atoms with Crippen molar-refractivity contribution in [1.82, 2.24) is 9.88 Å². The van der Waals surface area contributed by atoms with Crippen molar-refractivity contribution in [2.45, 2.75) is 17.9 Å². The third-order valence-electron chi connectivity index (χ3n) is 3.56. The van der Waals surface area contributed by atoms with Crippen LogP contribution in [-0.2, 0) is 17.1 Å². The molecule has 0 aliphatic rings. The van der Waals surface area contributed by atoms with E-state index in [9.17, 15) is 13.2 Å². The van der Waals surface area contributed by atoms with Crippen molar-refractivity contribution in [2.75, 3.05) is 7.11 Å². The first kappa shape index (κ1) is 18.5. The number of halogens is 1. The van der Waals surface area contributed by atoms with Gasteiger partial charge in [0.2, 0.25) is 10.0 Å².